The fourth-order valence-electron chi connectivity index (χ4n) is 1.83. The van der Waals surface area contributed by atoms with Gasteiger partial charge in [-0.05, 0) is 6.92 Å². The predicted octanol–water partition coefficient (Wildman–Crippen LogP) is -1.34. The van der Waals surface area contributed by atoms with E-state index in [1.54, 1.807) is 13.8 Å². The van der Waals surface area contributed by atoms with E-state index in [2.05, 4.69) is 10.0 Å². The highest BCUT2D eigenvalue weighted by molar-refractivity contribution is 7.89. The topological polar surface area (TPSA) is 95.6 Å². The van der Waals surface area contributed by atoms with E-state index in [9.17, 15) is 18.0 Å². The predicted molar refractivity (Wildman–Crippen MR) is 66.3 cm³/mol. The summed E-state index contributed by atoms with van der Waals surface area (Å²) >= 11 is 0. The summed E-state index contributed by atoms with van der Waals surface area (Å²) in [6.07, 6.45) is 0.105. The van der Waals surface area contributed by atoms with Gasteiger partial charge in [0.2, 0.25) is 21.8 Å². The summed E-state index contributed by atoms with van der Waals surface area (Å²) in [7, 11) is -3.30. The van der Waals surface area contributed by atoms with Crippen molar-refractivity contribution in [1.82, 2.24) is 14.9 Å². The number of carbonyl (C=O) groups is 2. The van der Waals surface area contributed by atoms with Crippen molar-refractivity contribution in [2.24, 2.45) is 0 Å². The standard InChI is InChI=1S/C10H19N3O4S/c1-3-12-18(16,17)6-5-11-8-7-9(14)13(4-2)10(8)15/h8,11-12H,3-7H2,1-2H3. The van der Waals surface area contributed by atoms with Crippen LogP contribution >= 0.6 is 0 Å². The quantitative estimate of drug-likeness (QED) is 0.562. The third-order valence-corrected chi connectivity index (χ3v) is 4.16. The molecular weight excluding hydrogens is 258 g/mol. The van der Waals surface area contributed by atoms with Crippen LogP contribution in [0.15, 0.2) is 0 Å². The second-order valence-corrected chi connectivity index (χ2v) is 5.93. The zero-order valence-electron chi connectivity index (χ0n) is 10.6. The Morgan fingerprint density at radius 3 is 2.50 bits per heavy atom. The summed E-state index contributed by atoms with van der Waals surface area (Å²) in [5.74, 6) is -0.594. The molecule has 18 heavy (non-hydrogen) atoms. The summed E-state index contributed by atoms with van der Waals surface area (Å²) in [4.78, 5) is 24.3. The molecule has 1 aliphatic rings. The van der Waals surface area contributed by atoms with Gasteiger partial charge in [0.25, 0.3) is 0 Å². The molecule has 1 heterocycles. The van der Waals surface area contributed by atoms with Crippen LogP contribution in [0.3, 0.4) is 0 Å². The highest BCUT2D eigenvalue weighted by atomic mass is 32.2. The molecule has 0 saturated carbocycles. The van der Waals surface area contributed by atoms with Gasteiger partial charge in [0.15, 0.2) is 0 Å². The average molecular weight is 277 g/mol. The van der Waals surface area contributed by atoms with Crippen molar-refractivity contribution in [3.8, 4) is 0 Å². The van der Waals surface area contributed by atoms with Crippen LogP contribution in [0.25, 0.3) is 0 Å². The van der Waals surface area contributed by atoms with Gasteiger partial charge in [0.05, 0.1) is 18.2 Å². The Kier molecular flexibility index (Phi) is 5.24. The van der Waals surface area contributed by atoms with Crippen molar-refractivity contribution in [2.45, 2.75) is 26.3 Å². The maximum absolute atomic E-state index is 11.7. The molecule has 7 nitrogen and oxygen atoms in total. The molecule has 1 atom stereocenters. The molecule has 1 fully saturated rings. The molecule has 0 radical (unpaired) electrons. The molecule has 1 unspecified atom stereocenters. The van der Waals surface area contributed by atoms with E-state index >= 15 is 0 Å². The number of imide groups is 1. The van der Waals surface area contributed by atoms with Gasteiger partial charge in [-0.1, -0.05) is 6.92 Å². The van der Waals surface area contributed by atoms with E-state index in [1.807, 2.05) is 0 Å². The first-order chi connectivity index (χ1) is 8.41. The molecule has 2 amide bonds. The van der Waals surface area contributed by atoms with Gasteiger partial charge in [-0.3, -0.25) is 14.5 Å². The lowest BCUT2D eigenvalue weighted by Crippen LogP contribution is -2.41. The smallest absolute Gasteiger partial charge is 0.246 e. The number of amides is 2. The van der Waals surface area contributed by atoms with Crippen LogP contribution in [0, 0.1) is 0 Å². The fourth-order valence-corrected chi connectivity index (χ4v) is 2.81. The van der Waals surface area contributed by atoms with Crippen molar-refractivity contribution >= 4 is 21.8 Å². The molecule has 104 valence electrons. The molecule has 8 heteroatoms. The van der Waals surface area contributed by atoms with Crippen LogP contribution in [0.4, 0.5) is 0 Å². The second-order valence-electron chi connectivity index (χ2n) is 4.00. The average Bonchev–Trinajstić information content (AvgIpc) is 2.53. The minimum Gasteiger partial charge on any atom is -0.304 e. The minimum absolute atomic E-state index is 0.105. The Hall–Kier alpha value is -0.990. The number of carbonyl (C=O) groups excluding carboxylic acids is 2. The summed E-state index contributed by atoms with van der Waals surface area (Å²) in [6.45, 7) is 4.27. The fraction of sp³-hybridized carbons (Fsp3) is 0.800. The number of hydrogen-bond donors (Lipinski definition) is 2. The van der Waals surface area contributed by atoms with Crippen molar-refractivity contribution in [3.05, 3.63) is 0 Å². The molecule has 0 aliphatic carbocycles. The van der Waals surface area contributed by atoms with Gasteiger partial charge in [0, 0.05) is 19.6 Å². The summed E-state index contributed by atoms with van der Waals surface area (Å²) in [6, 6.07) is -0.589. The van der Waals surface area contributed by atoms with Crippen molar-refractivity contribution in [2.75, 3.05) is 25.4 Å². The molecule has 0 bridgehead atoms. The highest BCUT2D eigenvalue weighted by Crippen LogP contribution is 2.12. The van der Waals surface area contributed by atoms with Crippen LogP contribution in [0.5, 0.6) is 0 Å². The third-order valence-electron chi connectivity index (χ3n) is 2.69. The van der Waals surface area contributed by atoms with E-state index in [0.717, 1.165) is 0 Å². The molecular formula is C10H19N3O4S. The Bertz CT molecular complexity index is 421. The number of sulfonamides is 1. The maximum Gasteiger partial charge on any atom is 0.246 e. The summed E-state index contributed by atoms with van der Waals surface area (Å²) < 4.78 is 25.1. The Morgan fingerprint density at radius 1 is 1.33 bits per heavy atom. The molecule has 1 saturated heterocycles. The number of nitrogens with zero attached hydrogens (tertiary/aromatic N) is 1. The number of rotatable bonds is 7. The van der Waals surface area contributed by atoms with E-state index in [0.29, 0.717) is 13.1 Å². The van der Waals surface area contributed by atoms with Crippen LogP contribution in [-0.2, 0) is 19.6 Å². The number of hydrogen-bond acceptors (Lipinski definition) is 5. The first-order valence-electron chi connectivity index (χ1n) is 5.96. The number of likely N-dealkylation sites (tertiary alicyclic amines) is 1. The lowest BCUT2D eigenvalue weighted by atomic mass is 10.2. The van der Waals surface area contributed by atoms with Gasteiger partial charge >= 0.3 is 0 Å². The van der Waals surface area contributed by atoms with E-state index in [4.69, 9.17) is 0 Å². The summed E-state index contributed by atoms with van der Waals surface area (Å²) in [5, 5.41) is 2.81. The monoisotopic (exact) mass is 277 g/mol. The number of nitrogens with one attached hydrogen (secondary N) is 2. The van der Waals surface area contributed by atoms with E-state index in [-0.39, 0.29) is 30.5 Å². The molecule has 0 aromatic rings. The van der Waals surface area contributed by atoms with Crippen LogP contribution in [0.2, 0.25) is 0 Å². The van der Waals surface area contributed by atoms with Gasteiger partial charge < -0.3 is 5.32 Å². The molecule has 0 aromatic carbocycles. The molecule has 1 rings (SSSR count). The Labute approximate surface area is 107 Å². The van der Waals surface area contributed by atoms with Gasteiger partial charge in [-0.25, -0.2) is 13.1 Å². The first kappa shape index (κ1) is 15.1. The van der Waals surface area contributed by atoms with Crippen molar-refractivity contribution in [3.63, 3.8) is 0 Å². The third kappa shape index (κ3) is 3.76. The molecule has 0 aromatic heterocycles. The van der Waals surface area contributed by atoms with Crippen molar-refractivity contribution < 1.29 is 18.0 Å². The highest BCUT2D eigenvalue weighted by Gasteiger charge is 2.37. The second kappa shape index (κ2) is 6.26. The lowest BCUT2D eigenvalue weighted by Gasteiger charge is -2.13. The zero-order chi connectivity index (χ0) is 13.8. The molecule has 2 N–H and O–H groups in total. The normalized spacial score (nSPS) is 20.8. The molecule has 0 spiro atoms. The first-order valence-corrected chi connectivity index (χ1v) is 7.61. The lowest BCUT2D eigenvalue weighted by molar-refractivity contribution is -0.138. The SMILES string of the molecule is CCNS(=O)(=O)CCNC1CC(=O)N(CC)C1=O. The van der Waals surface area contributed by atoms with E-state index in [1.165, 1.54) is 4.90 Å². The van der Waals surface area contributed by atoms with Gasteiger partial charge in [0.1, 0.15) is 0 Å². The largest absolute Gasteiger partial charge is 0.304 e. The number of likely N-dealkylation sites (N-methyl/N-ethyl adjacent to an activating group) is 1. The van der Waals surface area contributed by atoms with Crippen LogP contribution in [0.1, 0.15) is 20.3 Å². The van der Waals surface area contributed by atoms with Gasteiger partial charge in [-0.15, -0.1) is 0 Å². The Balaban J connectivity index is 2.42. The minimum atomic E-state index is -3.30. The summed E-state index contributed by atoms with van der Waals surface area (Å²) in [5.41, 5.74) is 0. The van der Waals surface area contributed by atoms with Crippen LogP contribution < -0.4 is 10.0 Å². The maximum atomic E-state index is 11.7. The van der Waals surface area contributed by atoms with E-state index < -0.39 is 16.1 Å². The zero-order valence-corrected chi connectivity index (χ0v) is 11.4. The van der Waals surface area contributed by atoms with Crippen molar-refractivity contribution in [1.29, 1.82) is 0 Å². The van der Waals surface area contributed by atoms with Crippen LogP contribution in [-0.4, -0.2) is 56.6 Å². The molecule has 1 aliphatic heterocycles. The Morgan fingerprint density at radius 2 is 2.00 bits per heavy atom. The van der Waals surface area contributed by atoms with Gasteiger partial charge in [-0.2, -0.15) is 0 Å².